The SMILES string of the molecule is CCCCCCC([SeH])[SeH]. The van der Waals surface area contributed by atoms with Gasteiger partial charge in [0.05, 0.1) is 0 Å². The number of rotatable bonds is 5. The molecule has 0 spiro atoms. The van der Waals surface area contributed by atoms with Crippen molar-refractivity contribution < 1.29 is 0 Å². The van der Waals surface area contributed by atoms with Gasteiger partial charge in [-0.15, -0.1) is 0 Å². The van der Waals surface area contributed by atoms with Crippen LogP contribution < -0.4 is 0 Å². The zero-order valence-electron chi connectivity index (χ0n) is 6.01. The summed E-state index contributed by atoms with van der Waals surface area (Å²) >= 11 is 5.36. The molecule has 0 aromatic rings. The molecule has 0 aromatic carbocycles. The van der Waals surface area contributed by atoms with Crippen molar-refractivity contribution >= 4 is 32.0 Å². The van der Waals surface area contributed by atoms with Gasteiger partial charge in [-0.25, -0.2) is 0 Å². The summed E-state index contributed by atoms with van der Waals surface area (Å²) in [5.41, 5.74) is 0. The average Bonchev–Trinajstić information content (AvgIpc) is 1.80. The summed E-state index contributed by atoms with van der Waals surface area (Å²) in [7, 11) is 0. The molecule has 9 heavy (non-hydrogen) atoms. The van der Waals surface area contributed by atoms with E-state index in [0.29, 0.717) is 0 Å². The summed E-state index contributed by atoms with van der Waals surface area (Å²) in [6.45, 7) is 2.25. The summed E-state index contributed by atoms with van der Waals surface area (Å²) < 4.78 is 0.779. The normalized spacial score (nSPS) is 10.7. The fourth-order valence-electron chi connectivity index (χ4n) is 0.754. The fourth-order valence-corrected chi connectivity index (χ4v) is 1.52. The van der Waals surface area contributed by atoms with Gasteiger partial charge in [0.1, 0.15) is 0 Å². The molecule has 0 fully saturated rings. The van der Waals surface area contributed by atoms with Crippen molar-refractivity contribution in [1.82, 2.24) is 0 Å². The standard InChI is InChI=1S/C7H16Se2/c1-2-3-4-5-6-7(8)9/h7-9H,2-6H2,1H3. The van der Waals surface area contributed by atoms with Crippen LogP contribution in [-0.4, -0.2) is 32.0 Å². The van der Waals surface area contributed by atoms with Crippen LogP contribution in [0.25, 0.3) is 0 Å². The van der Waals surface area contributed by atoms with Crippen LogP contribution in [0.15, 0.2) is 0 Å². The third kappa shape index (κ3) is 9.04. The summed E-state index contributed by atoms with van der Waals surface area (Å²) in [5.74, 6) is 0. The van der Waals surface area contributed by atoms with Gasteiger partial charge >= 0.3 is 74.8 Å². The van der Waals surface area contributed by atoms with Crippen molar-refractivity contribution in [3.05, 3.63) is 0 Å². The zero-order valence-corrected chi connectivity index (χ0v) is 9.76. The van der Waals surface area contributed by atoms with Gasteiger partial charge in [-0.3, -0.25) is 0 Å². The second-order valence-electron chi connectivity index (χ2n) is 2.33. The Balaban J connectivity index is 2.75. The van der Waals surface area contributed by atoms with Gasteiger partial charge in [0.25, 0.3) is 0 Å². The van der Waals surface area contributed by atoms with Gasteiger partial charge in [-0.05, 0) is 0 Å². The molecule has 56 valence electrons. The fraction of sp³-hybridized carbons (Fsp3) is 1.00. The second-order valence-corrected chi connectivity index (χ2v) is 6.86. The Morgan fingerprint density at radius 1 is 1.11 bits per heavy atom. The average molecular weight is 258 g/mol. The Bertz CT molecular complexity index is 52.9. The van der Waals surface area contributed by atoms with Gasteiger partial charge in [-0.1, -0.05) is 0 Å². The summed E-state index contributed by atoms with van der Waals surface area (Å²) in [6, 6.07) is 0. The van der Waals surface area contributed by atoms with Crippen molar-refractivity contribution in [2.24, 2.45) is 0 Å². The van der Waals surface area contributed by atoms with Crippen molar-refractivity contribution in [2.75, 3.05) is 0 Å². The van der Waals surface area contributed by atoms with Crippen molar-refractivity contribution in [1.29, 1.82) is 0 Å². The molecule has 0 rings (SSSR count). The molecule has 0 nitrogen and oxygen atoms in total. The van der Waals surface area contributed by atoms with Crippen LogP contribution in [0.3, 0.4) is 0 Å². The number of hydrogen-bond acceptors (Lipinski definition) is 0. The van der Waals surface area contributed by atoms with E-state index in [2.05, 4.69) is 38.9 Å². The van der Waals surface area contributed by atoms with E-state index in [1.54, 1.807) is 0 Å². The minimum atomic E-state index is 0.779. The summed E-state index contributed by atoms with van der Waals surface area (Å²) in [6.07, 6.45) is 6.94. The molecular weight excluding hydrogens is 242 g/mol. The van der Waals surface area contributed by atoms with Crippen molar-refractivity contribution in [3.8, 4) is 0 Å². The van der Waals surface area contributed by atoms with E-state index in [1.165, 1.54) is 32.1 Å². The quantitative estimate of drug-likeness (QED) is 0.518. The molecule has 0 N–H and O–H groups in total. The second kappa shape index (κ2) is 7.15. The molecular formula is C7H16Se2. The molecule has 0 saturated carbocycles. The van der Waals surface area contributed by atoms with E-state index in [-0.39, 0.29) is 0 Å². The molecule has 0 unspecified atom stereocenters. The molecule has 0 aliphatic heterocycles. The topological polar surface area (TPSA) is 0 Å². The molecule has 0 aliphatic carbocycles. The first-order chi connectivity index (χ1) is 4.27. The Morgan fingerprint density at radius 3 is 2.22 bits per heavy atom. The first-order valence-corrected chi connectivity index (χ1v) is 5.80. The monoisotopic (exact) mass is 260 g/mol. The predicted molar refractivity (Wildman–Crippen MR) is 46.8 cm³/mol. The molecule has 0 aliphatic rings. The van der Waals surface area contributed by atoms with Crippen LogP contribution >= 0.6 is 0 Å². The van der Waals surface area contributed by atoms with E-state index >= 15 is 0 Å². The summed E-state index contributed by atoms with van der Waals surface area (Å²) in [5, 5.41) is 0. The van der Waals surface area contributed by atoms with Gasteiger partial charge in [-0.2, -0.15) is 0 Å². The van der Waals surface area contributed by atoms with Crippen LogP contribution in [0, 0.1) is 0 Å². The maximum absolute atomic E-state index is 2.68. The van der Waals surface area contributed by atoms with Crippen molar-refractivity contribution in [3.63, 3.8) is 0 Å². The van der Waals surface area contributed by atoms with Gasteiger partial charge < -0.3 is 0 Å². The van der Waals surface area contributed by atoms with E-state index in [0.717, 1.165) is 3.71 Å². The van der Waals surface area contributed by atoms with Gasteiger partial charge in [0.15, 0.2) is 0 Å². The Kier molecular flexibility index (Phi) is 7.97. The Hall–Kier alpha value is 1.04. The molecule has 0 aromatic heterocycles. The number of hydrogen-bond donors (Lipinski definition) is 0. The molecule has 0 atom stereocenters. The molecule has 0 heterocycles. The Labute approximate surface area is 74.8 Å². The third-order valence-electron chi connectivity index (χ3n) is 1.32. The van der Waals surface area contributed by atoms with Gasteiger partial charge in [0.2, 0.25) is 0 Å². The van der Waals surface area contributed by atoms with E-state index in [4.69, 9.17) is 0 Å². The third-order valence-corrected chi connectivity index (χ3v) is 2.40. The predicted octanol–water partition coefficient (Wildman–Crippen LogP) is 1.50. The molecule has 0 radical (unpaired) electrons. The molecule has 2 heteroatoms. The van der Waals surface area contributed by atoms with E-state index in [1.807, 2.05) is 0 Å². The minimum absolute atomic E-state index is 0.779. The summed E-state index contributed by atoms with van der Waals surface area (Å²) in [4.78, 5) is 0. The van der Waals surface area contributed by atoms with Crippen LogP contribution in [0.1, 0.15) is 39.0 Å². The number of unbranched alkanes of at least 4 members (excludes halogenated alkanes) is 3. The molecule has 0 saturated heterocycles. The molecule has 0 amide bonds. The molecule has 0 bridgehead atoms. The first kappa shape index (κ1) is 10.0. The first-order valence-electron chi connectivity index (χ1n) is 3.63. The zero-order chi connectivity index (χ0) is 7.11. The van der Waals surface area contributed by atoms with Crippen LogP contribution in [0.5, 0.6) is 0 Å². The van der Waals surface area contributed by atoms with E-state index in [9.17, 15) is 0 Å². The Morgan fingerprint density at radius 2 is 1.78 bits per heavy atom. The van der Waals surface area contributed by atoms with Crippen LogP contribution in [0.2, 0.25) is 3.71 Å². The van der Waals surface area contributed by atoms with Gasteiger partial charge in [0, 0.05) is 0 Å². The van der Waals surface area contributed by atoms with Crippen molar-refractivity contribution in [2.45, 2.75) is 42.7 Å². The maximum atomic E-state index is 2.68. The van der Waals surface area contributed by atoms with Crippen LogP contribution in [0.4, 0.5) is 0 Å². The van der Waals surface area contributed by atoms with E-state index < -0.39 is 0 Å². The van der Waals surface area contributed by atoms with Crippen LogP contribution in [-0.2, 0) is 0 Å².